The van der Waals surface area contributed by atoms with E-state index in [0.29, 0.717) is 5.69 Å². The average Bonchev–Trinajstić information content (AvgIpc) is 2.95. The van der Waals surface area contributed by atoms with Crippen molar-refractivity contribution in [1.82, 2.24) is 14.8 Å². The van der Waals surface area contributed by atoms with Gasteiger partial charge in [-0.05, 0) is 25.0 Å². The van der Waals surface area contributed by atoms with Crippen LogP contribution in [0.5, 0.6) is 0 Å². The van der Waals surface area contributed by atoms with Gasteiger partial charge < -0.3 is 15.6 Å². The maximum atomic E-state index is 12.0. The number of aryl methyl sites for hydroxylation is 1. The molecular formula is C15H21N5O. The first kappa shape index (κ1) is 15.2. The van der Waals surface area contributed by atoms with Crippen LogP contribution in [0.3, 0.4) is 0 Å². The molecule has 1 atom stereocenters. The Morgan fingerprint density at radius 3 is 2.86 bits per heavy atom. The van der Waals surface area contributed by atoms with Crippen molar-refractivity contribution in [3.63, 3.8) is 0 Å². The Hall–Kier alpha value is -2.21. The molecule has 112 valence electrons. The number of benzene rings is 1. The van der Waals surface area contributed by atoms with Gasteiger partial charge in [0.25, 0.3) is 0 Å². The van der Waals surface area contributed by atoms with Crippen molar-refractivity contribution in [2.45, 2.75) is 33.4 Å². The minimum Gasteiger partial charge on any atom is -0.325 e. The van der Waals surface area contributed by atoms with Crippen LogP contribution in [0.25, 0.3) is 11.4 Å². The van der Waals surface area contributed by atoms with Gasteiger partial charge in [0.05, 0.1) is 6.04 Å². The maximum absolute atomic E-state index is 12.0. The molecule has 0 aliphatic carbocycles. The Labute approximate surface area is 124 Å². The van der Waals surface area contributed by atoms with E-state index in [1.165, 1.54) is 0 Å². The number of hydrogen-bond donors (Lipinski definition) is 2. The molecule has 0 bridgehead atoms. The molecule has 6 heteroatoms. The molecule has 3 N–H and O–H groups in total. The first-order valence-corrected chi connectivity index (χ1v) is 7.07. The number of rotatable bonds is 5. The number of carbonyl (C=O) groups excluding carboxylic acids is 1. The summed E-state index contributed by atoms with van der Waals surface area (Å²) in [5.41, 5.74) is 7.46. The number of amides is 1. The Morgan fingerprint density at radius 1 is 1.43 bits per heavy atom. The quantitative estimate of drug-likeness (QED) is 0.879. The van der Waals surface area contributed by atoms with Crippen molar-refractivity contribution in [3.8, 4) is 11.4 Å². The zero-order chi connectivity index (χ0) is 15.4. The minimum absolute atomic E-state index is 0.0939. The summed E-state index contributed by atoms with van der Waals surface area (Å²) in [6.45, 7) is 6.66. The fourth-order valence-electron chi connectivity index (χ4n) is 1.97. The highest BCUT2D eigenvalue weighted by atomic mass is 16.2. The summed E-state index contributed by atoms with van der Waals surface area (Å²) >= 11 is 0. The summed E-state index contributed by atoms with van der Waals surface area (Å²) in [7, 11) is 0. The Bertz CT molecular complexity index is 620. The topological polar surface area (TPSA) is 85.8 Å². The lowest BCUT2D eigenvalue weighted by molar-refractivity contribution is -0.118. The molecule has 1 heterocycles. The molecule has 2 rings (SSSR count). The van der Waals surface area contributed by atoms with E-state index in [-0.39, 0.29) is 11.8 Å². The fourth-order valence-corrected chi connectivity index (χ4v) is 1.97. The van der Waals surface area contributed by atoms with Gasteiger partial charge in [0.2, 0.25) is 5.91 Å². The second kappa shape index (κ2) is 6.49. The van der Waals surface area contributed by atoms with Gasteiger partial charge >= 0.3 is 0 Å². The zero-order valence-corrected chi connectivity index (χ0v) is 12.6. The number of nitrogens with zero attached hydrogens (tertiary/aromatic N) is 3. The third-order valence-corrected chi connectivity index (χ3v) is 3.37. The van der Waals surface area contributed by atoms with Crippen LogP contribution in [-0.4, -0.2) is 26.7 Å². The molecule has 0 aliphatic rings. The third kappa shape index (κ3) is 3.46. The number of anilines is 1. The second-order valence-electron chi connectivity index (χ2n) is 5.28. The number of carbonyl (C=O) groups is 1. The van der Waals surface area contributed by atoms with Gasteiger partial charge in [-0.25, -0.2) is 0 Å². The molecule has 1 aromatic carbocycles. The molecule has 0 saturated heterocycles. The normalized spacial score (nSPS) is 12.4. The smallest absolute Gasteiger partial charge is 0.241 e. The van der Waals surface area contributed by atoms with Gasteiger partial charge in [0, 0.05) is 17.8 Å². The van der Waals surface area contributed by atoms with E-state index >= 15 is 0 Å². The number of aromatic nitrogens is 3. The summed E-state index contributed by atoms with van der Waals surface area (Å²) in [4.78, 5) is 12.0. The minimum atomic E-state index is -0.520. The number of hydrogen-bond acceptors (Lipinski definition) is 4. The Kier molecular flexibility index (Phi) is 4.70. The molecule has 6 nitrogen and oxygen atoms in total. The molecule has 0 unspecified atom stereocenters. The summed E-state index contributed by atoms with van der Waals surface area (Å²) in [6.07, 6.45) is 1.69. The molecular weight excluding hydrogens is 266 g/mol. The highest BCUT2D eigenvalue weighted by Crippen LogP contribution is 2.21. The van der Waals surface area contributed by atoms with Crippen LogP contribution < -0.4 is 11.1 Å². The highest BCUT2D eigenvalue weighted by Gasteiger charge is 2.17. The largest absolute Gasteiger partial charge is 0.325 e. The molecule has 2 aromatic rings. The molecule has 0 aliphatic heterocycles. The van der Waals surface area contributed by atoms with Crippen molar-refractivity contribution >= 4 is 11.6 Å². The van der Waals surface area contributed by atoms with Gasteiger partial charge in [-0.15, -0.1) is 10.2 Å². The number of nitrogens with one attached hydrogen (secondary N) is 1. The van der Waals surface area contributed by atoms with Crippen LogP contribution in [0.1, 0.15) is 20.8 Å². The standard InChI is InChI=1S/C15H21N5O/c1-4-20-9-17-19-14(20)11-6-5-7-12(8-11)18-15(21)13(16)10(2)3/h5-10,13H,4,16H2,1-3H3,(H,18,21)/t13-/m0/s1. The average molecular weight is 287 g/mol. The van der Waals surface area contributed by atoms with Crippen LogP contribution in [0.4, 0.5) is 5.69 Å². The predicted octanol–water partition coefficient (Wildman–Crippen LogP) is 1.89. The summed E-state index contributed by atoms with van der Waals surface area (Å²) < 4.78 is 1.95. The van der Waals surface area contributed by atoms with E-state index in [9.17, 15) is 4.79 Å². The van der Waals surface area contributed by atoms with E-state index in [0.717, 1.165) is 17.9 Å². The Balaban J connectivity index is 2.21. The van der Waals surface area contributed by atoms with Crippen molar-refractivity contribution in [2.75, 3.05) is 5.32 Å². The summed E-state index contributed by atoms with van der Waals surface area (Å²) in [5, 5.41) is 10.9. The van der Waals surface area contributed by atoms with Crippen LogP contribution >= 0.6 is 0 Å². The lowest BCUT2D eigenvalue weighted by atomic mass is 10.0. The van der Waals surface area contributed by atoms with Crippen LogP contribution in [0.15, 0.2) is 30.6 Å². The lowest BCUT2D eigenvalue weighted by Gasteiger charge is -2.15. The van der Waals surface area contributed by atoms with Gasteiger partial charge in [0.1, 0.15) is 6.33 Å². The fraction of sp³-hybridized carbons (Fsp3) is 0.400. The first-order valence-electron chi connectivity index (χ1n) is 7.07. The maximum Gasteiger partial charge on any atom is 0.241 e. The second-order valence-corrected chi connectivity index (χ2v) is 5.28. The summed E-state index contributed by atoms with van der Waals surface area (Å²) in [6, 6.07) is 7.00. The molecule has 0 fully saturated rings. The molecule has 1 amide bonds. The zero-order valence-electron chi connectivity index (χ0n) is 12.6. The molecule has 0 spiro atoms. The lowest BCUT2D eigenvalue weighted by Crippen LogP contribution is -2.39. The SMILES string of the molecule is CCn1cnnc1-c1cccc(NC(=O)[C@@H](N)C(C)C)c1. The van der Waals surface area contributed by atoms with Crippen molar-refractivity contribution in [3.05, 3.63) is 30.6 Å². The van der Waals surface area contributed by atoms with Crippen molar-refractivity contribution in [2.24, 2.45) is 11.7 Å². The van der Waals surface area contributed by atoms with E-state index < -0.39 is 6.04 Å². The van der Waals surface area contributed by atoms with E-state index in [1.54, 1.807) is 6.33 Å². The van der Waals surface area contributed by atoms with Crippen LogP contribution in [-0.2, 0) is 11.3 Å². The molecule has 21 heavy (non-hydrogen) atoms. The molecule has 0 saturated carbocycles. The molecule has 0 radical (unpaired) electrons. The predicted molar refractivity (Wildman–Crippen MR) is 82.6 cm³/mol. The van der Waals surface area contributed by atoms with Crippen LogP contribution in [0.2, 0.25) is 0 Å². The molecule has 1 aromatic heterocycles. The van der Waals surface area contributed by atoms with Crippen LogP contribution in [0, 0.1) is 5.92 Å². The van der Waals surface area contributed by atoms with Gasteiger partial charge in [-0.2, -0.15) is 0 Å². The number of nitrogens with two attached hydrogens (primary N) is 1. The van der Waals surface area contributed by atoms with Crippen molar-refractivity contribution < 1.29 is 4.79 Å². The van der Waals surface area contributed by atoms with E-state index in [1.807, 2.05) is 49.6 Å². The third-order valence-electron chi connectivity index (χ3n) is 3.37. The van der Waals surface area contributed by atoms with Gasteiger partial charge in [-0.1, -0.05) is 26.0 Å². The Morgan fingerprint density at radius 2 is 2.19 bits per heavy atom. The van der Waals surface area contributed by atoms with E-state index in [4.69, 9.17) is 5.73 Å². The summed E-state index contributed by atoms with van der Waals surface area (Å²) in [5.74, 6) is 0.692. The van der Waals surface area contributed by atoms with Crippen molar-refractivity contribution in [1.29, 1.82) is 0 Å². The first-order chi connectivity index (χ1) is 10.0. The van der Waals surface area contributed by atoms with Gasteiger partial charge in [-0.3, -0.25) is 4.79 Å². The van der Waals surface area contributed by atoms with Gasteiger partial charge in [0.15, 0.2) is 5.82 Å². The highest BCUT2D eigenvalue weighted by molar-refractivity contribution is 5.95. The monoisotopic (exact) mass is 287 g/mol. The van der Waals surface area contributed by atoms with E-state index in [2.05, 4.69) is 15.5 Å².